The third kappa shape index (κ3) is 4.02. The molecular weight excluding hydrogens is 362 g/mol. The Bertz CT molecular complexity index is 815. The summed E-state index contributed by atoms with van der Waals surface area (Å²) in [5.41, 5.74) is 10.7. The molecule has 28 heavy (non-hydrogen) atoms. The number of hydrogen-bond donors (Lipinski definition) is 1. The quantitative estimate of drug-likeness (QED) is 0.485. The molecule has 2 aromatic rings. The van der Waals surface area contributed by atoms with Crippen molar-refractivity contribution in [2.24, 2.45) is 5.11 Å². The van der Waals surface area contributed by atoms with E-state index < -0.39 is 36.9 Å². The minimum absolute atomic E-state index is 0.232. The fourth-order valence-electron chi connectivity index (χ4n) is 3.43. The van der Waals surface area contributed by atoms with Crippen LogP contribution < -0.4 is 0 Å². The van der Waals surface area contributed by atoms with Crippen LogP contribution in [0, 0.1) is 0 Å². The first kappa shape index (κ1) is 18.9. The lowest BCUT2D eigenvalue weighted by Crippen LogP contribution is -2.61. The molecule has 0 aliphatic carbocycles. The minimum atomic E-state index is -1.08. The number of hydrogen-bond acceptors (Lipinski definition) is 6. The van der Waals surface area contributed by atoms with Crippen LogP contribution in [0.15, 0.2) is 65.8 Å². The molecule has 0 aromatic heterocycles. The first-order chi connectivity index (χ1) is 13.8. The first-order valence-corrected chi connectivity index (χ1v) is 9.11. The first-order valence-electron chi connectivity index (χ1n) is 9.11. The molecule has 4 rings (SSSR count). The van der Waals surface area contributed by atoms with Crippen molar-refractivity contribution in [1.82, 2.24) is 0 Å². The van der Waals surface area contributed by atoms with Crippen molar-refractivity contribution in [2.45, 2.75) is 43.5 Å². The number of rotatable bonds is 5. The lowest BCUT2D eigenvalue weighted by molar-refractivity contribution is -0.343. The maximum atomic E-state index is 10.8. The summed E-state index contributed by atoms with van der Waals surface area (Å²) in [6, 6.07) is 18.1. The summed E-state index contributed by atoms with van der Waals surface area (Å²) in [5, 5.41) is 14.5. The van der Waals surface area contributed by atoms with E-state index in [0.29, 0.717) is 0 Å². The van der Waals surface area contributed by atoms with Crippen molar-refractivity contribution in [2.75, 3.05) is 6.61 Å². The number of ether oxygens (including phenoxy) is 4. The van der Waals surface area contributed by atoms with Crippen LogP contribution in [-0.2, 0) is 25.6 Å². The Morgan fingerprint density at radius 1 is 1.07 bits per heavy atom. The van der Waals surface area contributed by atoms with Gasteiger partial charge in [-0.15, -0.1) is 0 Å². The Labute approximate surface area is 162 Å². The third-order valence-corrected chi connectivity index (χ3v) is 4.85. The van der Waals surface area contributed by atoms with Gasteiger partial charge in [-0.05, 0) is 11.1 Å². The topological polar surface area (TPSA) is 106 Å². The van der Waals surface area contributed by atoms with Crippen LogP contribution in [0.4, 0.5) is 0 Å². The van der Waals surface area contributed by atoms with Crippen LogP contribution in [0.25, 0.3) is 10.4 Å². The van der Waals surface area contributed by atoms with Crippen LogP contribution >= 0.6 is 0 Å². The van der Waals surface area contributed by atoms with Crippen LogP contribution in [0.2, 0.25) is 0 Å². The smallest absolute Gasteiger partial charge is 0.184 e. The van der Waals surface area contributed by atoms with E-state index in [4.69, 9.17) is 24.5 Å². The van der Waals surface area contributed by atoms with Gasteiger partial charge >= 0.3 is 0 Å². The van der Waals surface area contributed by atoms with Crippen molar-refractivity contribution < 1.29 is 24.1 Å². The van der Waals surface area contributed by atoms with E-state index in [2.05, 4.69) is 10.0 Å². The summed E-state index contributed by atoms with van der Waals surface area (Å²) in [5.74, 6) is 0. The van der Waals surface area contributed by atoms with Crippen LogP contribution in [0.1, 0.15) is 17.4 Å². The summed E-state index contributed by atoms with van der Waals surface area (Å²) < 4.78 is 23.5. The lowest BCUT2D eigenvalue weighted by atomic mass is 9.96. The molecule has 0 radical (unpaired) electrons. The number of benzene rings is 2. The predicted molar refractivity (Wildman–Crippen MR) is 98.8 cm³/mol. The lowest BCUT2D eigenvalue weighted by Gasteiger charge is -2.46. The summed E-state index contributed by atoms with van der Waals surface area (Å²) in [4.78, 5) is 2.85. The van der Waals surface area contributed by atoms with Gasteiger partial charge in [0.2, 0.25) is 0 Å². The van der Waals surface area contributed by atoms with Gasteiger partial charge in [0.1, 0.15) is 18.2 Å². The highest BCUT2D eigenvalue weighted by Gasteiger charge is 2.49. The molecule has 1 N–H and O–H groups in total. The van der Waals surface area contributed by atoms with Gasteiger partial charge in [-0.1, -0.05) is 65.8 Å². The minimum Gasteiger partial charge on any atom is -0.390 e. The maximum absolute atomic E-state index is 10.8. The second-order valence-corrected chi connectivity index (χ2v) is 6.70. The van der Waals surface area contributed by atoms with Gasteiger partial charge in [-0.3, -0.25) is 0 Å². The Morgan fingerprint density at radius 2 is 1.79 bits per heavy atom. The van der Waals surface area contributed by atoms with Crippen molar-refractivity contribution in [3.8, 4) is 0 Å². The Morgan fingerprint density at radius 3 is 2.50 bits per heavy atom. The summed E-state index contributed by atoms with van der Waals surface area (Å²) in [6.07, 6.45) is -3.81. The molecule has 0 bridgehead atoms. The molecular formula is C20H21N3O5. The second kappa shape index (κ2) is 8.70. The molecule has 8 nitrogen and oxygen atoms in total. The molecule has 6 atom stereocenters. The summed E-state index contributed by atoms with van der Waals surface area (Å²) in [7, 11) is 0. The molecule has 2 heterocycles. The van der Waals surface area contributed by atoms with E-state index in [1.807, 2.05) is 60.7 Å². The highest BCUT2D eigenvalue weighted by atomic mass is 16.7. The molecule has 0 saturated carbocycles. The van der Waals surface area contributed by atoms with Gasteiger partial charge in [0.15, 0.2) is 12.6 Å². The molecule has 0 spiro atoms. The molecule has 2 aliphatic rings. The maximum Gasteiger partial charge on any atom is 0.184 e. The highest BCUT2D eigenvalue weighted by molar-refractivity contribution is 5.17. The van der Waals surface area contributed by atoms with Crippen LogP contribution in [-0.4, -0.2) is 42.4 Å². The van der Waals surface area contributed by atoms with Gasteiger partial charge in [-0.25, -0.2) is 0 Å². The van der Waals surface area contributed by atoms with Gasteiger partial charge in [-0.2, -0.15) is 0 Å². The van der Waals surface area contributed by atoms with E-state index in [9.17, 15) is 5.11 Å². The number of nitrogens with zero attached hydrogens (tertiary/aromatic N) is 3. The van der Waals surface area contributed by atoms with Crippen LogP contribution in [0.5, 0.6) is 0 Å². The van der Waals surface area contributed by atoms with Crippen molar-refractivity contribution in [3.63, 3.8) is 0 Å². The summed E-state index contributed by atoms with van der Waals surface area (Å²) >= 11 is 0. The zero-order valence-corrected chi connectivity index (χ0v) is 15.1. The van der Waals surface area contributed by atoms with Crippen molar-refractivity contribution >= 4 is 0 Å². The Hall–Kier alpha value is -2.45. The zero-order chi connectivity index (χ0) is 19.3. The Kier molecular flexibility index (Phi) is 5.87. The zero-order valence-electron chi connectivity index (χ0n) is 15.1. The fraction of sp³-hybridized carbons (Fsp3) is 0.400. The predicted octanol–water partition coefficient (Wildman–Crippen LogP) is 3.08. The van der Waals surface area contributed by atoms with E-state index >= 15 is 0 Å². The number of azide groups is 1. The number of fused-ring (bicyclic) bond motifs is 1. The van der Waals surface area contributed by atoms with Crippen molar-refractivity contribution in [1.29, 1.82) is 0 Å². The highest BCUT2D eigenvalue weighted by Crippen LogP contribution is 2.35. The van der Waals surface area contributed by atoms with Crippen LogP contribution in [0.3, 0.4) is 0 Å². The van der Waals surface area contributed by atoms with E-state index in [0.717, 1.165) is 11.1 Å². The molecule has 3 unspecified atom stereocenters. The summed E-state index contributed by atoms with van der Waals surface area (Å²) in [6.45, 7) is 0.497. The van der Waals surface area contributed by atoms with Crippen molar-refractivity contribution in [3.05, 3.63) is 82.2 Å². The van der Waals surface area contributed by atoms with E-state index in [-0.39, 0.29) is 13.2 Å². The van der Waals surface area contributed by atoms with Gasteiger partial charge in [0.05, 0.1) is 19.3 Å². The Balaban J connectivity index is 1.47. The third-order valence-electron chi connectivity index (χ3n) is 4.85. The normalized spacial score (nSPS) is 32.2. The molecule has 2 saturated heterocycles. The fourth-order valence-corrected chi connectivity index (χ4v) is 3.43. The van der Waals surface area contributed by atoms with Gasteiger partial charge in [0.25, 0.3) is 0 Å². The van der Waals surface area contributed by atoms with E-state index in [1.54, 1.807) is 0 Å². The van der Waals surface area contributed by atoms with E-state index in [1.165, 1.54) is 0 Å². The standard InChI is InChI=1S/C20H21N3O5/c21-23-22-16-17(24)18-15(12-26-19(28-18)14-9-5-2-6-10-14)27-20(16)25-11-13-7-3-1-4-8-13/h1-10,15-20,24H,11-12H2/t15-,16-,17-,18?,19?,20?/m1/s1. The second-order valence-electron chi connectivity index (χ2n) is 6.70. The SMILES string of the molecule is [N-]=[N+]=N[C@H]1C(OCc2ccccc2)O[C@@H]2COC(c3ccccc3)OC2[C@@H]1O. The average Bonchev–Trinajstić information content (AvgIpc) is 2.76. The molecule has 2 aromatic carbocycles. The molecule has 8 heteroatoms. The molecule has 2 aliphatic heterocycles. The molecule has 146 valence electrons. The van der Waals surface area contributed by atoms with Gasteiger partial charge < -0.3 is 24.1 Å². The number of aliphatic hydroxyl groups excluding tert-OH is 1. The molecule has 0 amide bonds. The number of aliphatic hydroxyl groups is 1. The molecule has 2 fully saturated rings. The monoisotopic (exact) mass is 383 g/mol. The average molecular weight is 383 g/mol. The largest absolute Gasteiger partial charge is 0.390 e. The van der Waals surface area contributed by atoms with Gasteiger partial charge in [0, 0.05) is 10.5 Å².